The summed E-state index contributed by atoms with van der Waals surface area (Å²) in [6.07, 6.45) is 0.647. The van der Waals surface area contributed by atoms with E-state index in [-0.39, 0.29) is 0 Å². The normalized spacial score (nSPS) is 25.8. The highest BCUT2D eigenvalue weighted by Gasteiger charge is 2.21. The van der Waals surface area contributed by atoms with Crippen LogP contribution in [-0.4, -0.2) is 37.3 Å². The third kappa shape index (κ3) is 3.45. The van der Waals surface area contributed by atoms with Crippen LogP contribution in [0.25, 0.3) is 0 Å². The molecule has 3 nitrogen and oxygen atoms in total. The highest BCUT2D eigenvalue weighted by Crippen LogP contribution is 2.17. The minimum absolute atomic E-state index is 0.323. The summed E-state index contributed by atoms with van der Waals surface area (Å²) < 4.78 is 11.0. The summed E-state index contributed by atoms with van der Waals surface area (Å²) in [6, 6.07) is 8.27. The molecule has 2 unspecified atom stereocenters. The molecule has 0 aromatic heterocycles. The average Bonchev–Trinajstić information content (AvgIpc) is 2.28. The second-order valence-corrected chi connectivity index (χ2v) is 4.80. The maximum Gasteiger partial charge on any atom is 0.119 e. The van der Waals surface area contributed by atoms with Crippen molar-refractivity contribution in [3.8, 4) is 5.75 Å². The number of hydrogen-bond donors (Lipinski definition) is 0. The van der Waals surface area contributed by atoms with Crippen molar-refractivity contribution in [2.75, 3.05) is 20.2 Å². The van der Waals surface area contributed by atoms with E-state index in [2.05, 4.69) is 30.9 Å². The van der Waals surface area contributed by atoms with Gasteiger partial charge in [-0.2, -0.15) is 0 Å². The first kappa shape index (κ1) is 12.4. The molecule has 1 aromatic carbocycles. The van der Waals surface area contributed by atoms with Gasteiger partial charge in [0.05, 0.1) is 19.3 Å². The Morgan fingerprint density at radius 1 is 1.29 bits per heavy atom. The molecule has 17 heavy (non-hydrogen) atoms. The van der Waals surface area contributed by atoms with E-state index >= 15 is 0 Å². The van der Waals surface area contributed by atoms with Crippen LogP contribution in [0.5, 0.6) is 5.75 Å². The van der Waals surface area contributed by atoms with Gasteiger partial charge >= 0.3 is 0 Å². The van der Waals surface area contributed by atoms with Gasteiger partial charge in [0.2, 0.25) is 0 Å². The molecule has 1 aliphatic rings. The van der Waals surface area contributed by atoms with Crippen LogP contribution in [0.3, 0.4) is 0 Å². The Bertz CT molecular complexity index is 357. The molecule has 94 valence electrons. The Kier molecular flexibility index (Phi) is 4.02. The van der Waals surface area contributed by atoms with Crippen molar-refractivity contribution in [1.82, 2.24) is 4.90 Å². The lowest BCUT2D eigenvalue weighted by Crippen LogP contribution is -2.44. The number of ether oxygens (including phenoxy) is 2. The van der Waals surface area contributed by atoms with E-state index in [1.807, 2.05) is 12.1 Å². The van der Waals surface area contributed by atoms with Crippen LogP contribution in [0.2, 0.25) is 0 Å². The van der Waals surface area contributed by atoms with E-state index in [4.69, 9.17) is 9.47 Å². The number of hydrogen-bond acceptors (Lipinski definition) is 3. The van der Waals surface area contributed by atoms with Gasteiger partial charge in [0.15, 0.2) is 0 Å². The number of methoxy groups -OCH3 is 1. The quantitative estimate of drug-likeness (QED) is 0.802. The molecule has 0 radical (unpaired) electrons. The van der Waals surface area contributed by atoms with E-state index in [9.17, 15) is 0 Å². The first-order valence-electron chi connectivity index (χ1n) is 6.18. The van der Waals surface area contributed by atoms with Gasteiger partial charge in [0.1, 0.15) is 5.75 Å². The fourth-order valence-electron chi connectivity index (χ4n) is 2.44. The molecular formula is C14H21NO2. The second kappa shape index (κ2) is 5.52. The SMILES string of the molecule is COc1cccc(CN2CC(C)OC(C)C2)c1. The molecule has 0 spiro atoms. The molecule has 1 fully saturated rings. The molecule has 0 bridgehead atoms. The third-order valence-electron chi connectivity index (χ3n) is 3.04. The van der Waals surface area contributed by atoms with Gasteiger partial charge < -0.3 is 9.47 Å². The number of benzene rings is 1. The highest BCUT2D eigenvalue weighted by atomic mass is 16.5. The Balaban J connectivity index is 1.99. The smallest absolute Gasteiger partial charge is 0.119 e. The summed E-state index contributed by atoms with van der Waals surface area (Å²) in [7, 11) is 1.71. The molecule has 1 aromatic rings. The van der Waals surface area contributed by atoms with Gasteiger partial charge in [-0.25, -0.2) is 0 Å². The fourth-order valence-corrected chi connectivity index (χ4v) is 2.44. The summed E-state index contributed by atoms with van der Waals surface area (Å²) in [5, 5.41) is 0. The molecule has 1 aliphatic heterocycles. The van der Waals surface area contributed by atoms with Gasteiger partial charge in [-0.05, 0) is 31.5 Å². The summed E-state index contributed by atoms with van der Waals surface area (Å²) in [6.45, 7) is 7.24. The van der Waals surface area contributed by atoms with Crippen LogP contribution in [0.15, 0.2) is 24.3 Å². The standard InChI is InChI=1S/C14H21NO2/c1-11-8-15(9-12(2)17-11)10-13-5-4-6-14(7-13)16-3/h4-7,11-12H,8-10H2,1-3H3. The van der Waals surface area contributed by atoms with Crippen LogP contribution in [0.4, 0.5) is 0 Å². The number of morpholine rings is 1. The Morgan fingerprint density at radius 3 is 2.65 bits per heavy atom. The fraction of sp³-hybridized carbons (Fsp3) is 0.571. The van der Waals surface area contributed by atoms with Crippen LogP contribution < -0.4 is 4.74 Å². The van der Waals surface area contributed by atoms with Gasteiger partial charge in [-0.1, -0.05) is 12.1 Å². The first-order valence-corrected chi connectivity index (χ1v) is 6.18. The molecule has 2 atom stereocenters. The first-order chi connectivity index (χ1) is 8.17. The zero-order valence-electron chi connectivity index (χ0n) is 10.8. The van der Waals surface area contributed by atoms with Crippen molar-refractivity contribution < 1.29 is 9.47 Å². The zero-order valence-corrected chi connectivity index (χ0v) is 10.8. The highest BCUT2D eigenvalue weighted by molar-refractivity contribution is 5.28. The monoisotopic (exact) mass is 235 g/mol. The lowest BCUT2D eigenvalue weighted by atomic mass is 10.1. The van der Waals surface area contributed by atoms with Crippen molar-refractivity contribution in [2.45, 2.75) is 32.6 Å². The average molecular weight is 235 g/mol. The minimum atomic E-state index is 0.323. The Hall–Kier alpha value is -1.06. The molecular weight excluding hydrogens is 214 g/mol. The topological polar surface area (TPSA) is 21.7 Å². The molecule has 2 rings (SSSR count). The zero-order chi connectivity index (χ0) is 12.3. The van der Waals surface area contributed by atoms with E-state index in [0.29, 0.717) is 12.2 Å². The van der Waals surface area contributed by atoms with Gasteiger partial charge in [-0.3, -0.25) is 4.90 Å². The van der Waals surface area contributed by atoms with Gasteiger partial charge in [-0.15, -0.1) is 0 Å². The van der Waals surface area contributed by atoms with E-state index in [0.717, 1.165) is 25.4 Å². The van der Waals surface area contributed by atoms with Crippen LogP contribution in [0.1, 0.15) is 19.4 Å². The predicted octanol–water partition coefficient (Wildman–Crippen LogP) is 2.30. The van der Waals surface area contributed by atoms with Crippen molar-refractivity contribution in [1.29, 1.82) is 0 Å². The summed E-state index contributed by atoms with van der Waals surface area (Å²) >= 11 is 0. The Morgan fingerprint density at radius 2 is 2.00 bits per heavy atom. The molecule has 0 aliphatic carbocycles. The van der Waals surface area contributed by atoms with Gasteiger partial charge in [0.25, 0.3) is 0 Å². The molecule has 1 saturated heterocycles. The van der Waals surface area contributed by atoms with Crippen molar-refractivity contribution in [3.05, 3.63) is 29.8 Å². The number of nitrogens with zero attached hydrogens (tertiary/aromatic N) is 1. The lowest BCUT2D eigenvalue weighted by molar-refractivity contribution is -0.0704. The molecule has 1 heterocycles. The van der Waals surface area contributed by atoms with E-state index in [1.54, 1.807) is 7.11 Å². The van der Waals surface area contributed by atoms with Gasteiger partial charge in [0, 0.05) is 19.6 Å². The van der Waals surface area contributed by atoms with Crippen molar-refractivity contribution >= 4 is 0 Å². The van der Waals surface area contributed by atoms with Crippen LogP contribution in [0, 0.1) is 0 Å². The Labute approximate surface area is 103 Å². The molecule has 3 heteroatoms. The predicted molar refractivity (Wildman–Crippen MR) is 68.3 cm³/mol. The lowest BCUT2D eigenvalue weighted by Gasteiger charge is -2.35. The summed E-state index contributed by atoms with van der Waals surface area (Å²) in [5.74, 6) is 0.928. The maximum absolute atomic E-state index is 5.73. The molecule has 0 amide bonds. The second-order valence-electron chi connectivity index (χ2n) is 4.80. The summed E-state index contributed by atoms with van der Waals surface area (Å²) in [5.41, 5.74) is 1.30. The number of rotatable bonds is 3. The summed E-state index contributed by atoms with van der Waals surface area (Å²) in [4.78, 5) is 2.44. The minimum Gasteiger partial charge on any atom is -0.497 e. The largest absolute Gasteiger partial charge is 0.497 e. The maximum atomic E-state index is 5.73. The third-order valence-corrected chi connectivity index (χ3v) is 3.04. The van der Waals surface area contributed by atoms with Crippen molar-refractivity contribution in [3.63, 3.8) is 0 Å². The van der Waals surface area contributed by atoms with Crippen LogP contribution in [-0.2, 0) is 11.3 Å². The van der Waals surface area contributed by atoms with E-state index < -0.39 is 0 Å². The van der Waals surface area contributed by atoms with Crippen LogP contribution >= 0.6 is 0 Å². The van der Waals surface area contributed by atoms with Crippen molar-refractivity contribution in [2.24, 2.45) is 0 Å². The molecule has 0 N–H and O–H groups in total. The molecule has 0 saturated carbocycles. The van der Waals surface area contributed by atoms with E-state index in [1.165, 1.54) is 5.56 Å².